The van der Waals surface area contributed by atoms with Gasteiger partial charge in [-0.3, -0.25) is 10.2 Å². The number of aromatic amines is 2. The highest BCUT2D eigenvalue weighted by molar-refractivity contribution is 5.86. The van der Waals surface area contributed by atoms with Gasteiger partial charge in [0.05, 0.1) is 24.5 Å². The molecule has 126 valence electrons. The number of methoxy groups -OCH3 is 1. The molecule has 0 fully saturated rings. The first-order valence-corrected chi connectivity index (χ1v) is 8.13. The first-order valence-electron chi connectivity index (χ1n) is 8.13. The van der Waals surface area contributed by atoms with Crippen LogP contribution in [0.2, 0.25) is 0 Å². The van der Waals surface area contributed by atoms with Crippen molar-refractivity contribution in [1.82, 2.24) is 25.7 Å². The van der Waals surface area contributed by atoms with Crippen molar-refractivity contribution >= 4 is 10.9 Å². The Balaban J connectivity index is 1.46. The van der Waals surface area contributed by atoms with E-state index < -0.39 is 0 Å². The topological polar surface area (TPSA) is 78.6 Å². The standard InChI is InChI=1S/C19H19N5O/c1-25-16-4-2-3-13(7-16)9-20-12-19-17-6-5-14(8-18(17)23-24-19)15-10-21-22-11-15/h2-8,10-11,20H,9,12H2,1H3,(H,21,22)(H,23,24). The van der Waals surface area contributed by atoms with Gasteiger partial charge in [0.1, 0.15) is 5.75 Å². The second kappa shape index (κ2) is 6.78. The fraction of sp³-hybridized carbons (Fsp3) is 0.158. The van der Waals surface area contributed by atoms with Crippen LogP contribution in [-0.4, -0.2) is 27.5 Å². The second-order valence-corrected chi connectivity index (χ2v) is 5.88. The highest BCUT2D eigenvalue weighted by Gasteiger charge is 2.07. The molecule has 0 aliphatic heterocycles. The molecule has 2 aromatic heterocycles. The Bertz CT molecular complexity index is 975. The predicted octanol–water partition coefficient (Wildman–Crippen LogP) is 3.25. The fourth-order valence-electron chi connectivity index (χ4n) is 2.90. The lowest BCUT2D eigenvalue weighted by Gasteiger charge is -2.06. The minimum absolute atomic E-state index is 0.721. The van der Waals surface area contributed by atoms with E-state index in [0.29, 0.717) is 0 Å². The summed E-state index contributed by atoms with van der Waals surface area (Å²) in [5.74, 6) is 0.873. The first-order chi connectivity index (χ1) is 12.3. The number of nitrogens with zero attached hydrogens (tertiary/aromatic N) is 2. The van der Waals surface area contributed by atoms with Crippen LogP contribution in [0.5, 0.6) is 5.75 Å². The van der Waals surface area contributed by atoms with Crippen LogP contribution in [-0.2, 0) is 13.1 Å². The Morgan fingerprint density at radius 1 is 1.08 bits per heavy atom. The molecule has 2 aromatic carbocycles. The molecule has 0 saturated carbocycles. The Kier molecular flexibility index (Phi) is 4.18. The zero-order valence-corrected chi connectivity index (χ0v) is 13.9. The minimum atomic E-state index is 0.721. The second-order valence-electron chi connectivity index (χ2n) is 5.88. The summed E-state index contributed by atoms with van der Waals surface area (Å²) in [6.07, 6.45) is 3.69. The number of hydrogen-bond donors (Lipinski definition) is 3. The molecule has 0 radical (unpaired) electrons. The van der Waals surface area contributed by atoms with E-state index >= 15 is 0 Å². The van der Waals surface area contributed by atoms with Crippen molar-refractivity contribution in [3.63, 3.8) is 0 Å². The van der Waals surface area contributed by atoms with Gasteiger partial charge < -0.3 is 10.1 Å². The van der Waals surface area contributed by atoms with Crippen LogP contribution in [0, 0.1) is 0 Å². The van der Waals surface area contributed by atoms with E-state index in [1.54, 1.807) is 7.11 Å². The largest absolute Gasteiger partial charge is 0.497 e. The van der Waals surface area contributed by atoms with Crippen molar-refractivity contribution < 1.29 is 4.74 Å². The molecule has 0 saturated heterocycles. The van der Waals surface area contributed by atoms with Crippen LogP contribution < -0.4 is 10.1 Å². The summed E-state index contributed by atoms with van der Waals surface area (Å²) in [5.41, 5.74) is 5.38. The van der Waals surface area contributed by atoms with Gasteiger partial charge in [0.2, 0.25) is 0 Å². The Morgan fingerprint density at radius 3 is 2.88 bits per heavy atom. The molecular formula is C19H19N5O. The van der Waals surface area contributed by atoms with Crippen molar-refractivity contribution in [3.8, 4) is 16.9 Å². The van der Waals surface area contributed by atoms with Crippen molar-refractivity contribution in [2.24, 2.45) is 0 Å². The van der Waals surface area contributed by atoms with Gasteiger partial charge in [-0.15, -0.1) is 0 Å². The van der Waals surface area contributed by atoms with Crippen LogP contribution in [0.1, 0.15) is 11.3 Å². The van der Waals surface area contributed by atoms with Gasteiger partial charge in [0.25, 0.3) is 0 Å². The van der Waals surface area contributed by atoms with Crippen molar-refractivity contribution in [2.45, 2.75) is 13.1 Å². The van der Waals surface area contributed by atoms with Crippen LogP contribution in [0.4, 0.5) is 0 Å². The predicted molar refractivity (Wildman–Crippen MR) is 97.2 cm³/mol. The van der Waals surface area contributed by atoms with Gasteiger partial charge in [-0.1, -0.05) is 24.3 Å². The van der Waals surface area contributed by atoms with E-state index in [0.717, 1.165) is 46.6 Å². The summed E-state index contributed by atoms with van der Waals surface area (Å²) in [4.78, 5) is 0. The summed E-state index contributed by atoms with van der Waals surface area (Å²) in [5, 5.41) is 19.0. The fourth-order valence-corrected chi connectivity index (χ4v) is 2.90. The smallest absolute Gasteiger partial charge is 0.119 e. The number of benzene rings is 2. The van der Waals surface area contributed by atoms with E-state index in [1.807, 2.05) is 30.6 Å². The number of fused-ring (bicyclic) bond motifs is 1. The normalized spacial score (nSPS) is 11.1. The lowest BCUT2D eigenvalue weighted by Crippen LogP contribution is -2.13. The molecule has 0 aliphatic rings. The van der Waals surface area contributed by atoms with Crippen LogP contribution in [0.15, 0.2) is 54.9 Å². The molecule has 2 heterocycles. The molecule has 0 unspecified atom stereocenters. The molecule has 25 heavy (non-hydrogen) atoms. The number of aromatic nitrogens is 4. The van der Waals surface area contributed by atoms with E-state index in [9.17, 15) is 0 Å². The summed E-state index contributed by atoms with van der Waals surface area (Å²) in [7, 11) is 1.68. The van der Waals surface area contributed by atoms with Gasteiger partial charge in [-0.05, 0) is 29.3 Å². The van der Waals surface area contributed by atoms with Gasteiger partial charge in [-0.25, -0.2) is 0 Å². The lowest BCUT2D eigenvalue weighted by atomic mass is 10.1. The average Bonchev–Trinajstić information content (AvgIpc) is 3.32. The maximum atomic E-state index is 5.26. The highest BCUT2D eigenvalue weighted by Crippen LogP contribution is 2.24. The molecule has 0 aliphatic carbocycles. The number of hydrogen-bond acceptors (Lipinski definition) is 4. The number of ether oxygens (including phenoxy) is 1. The quantitative estimate of drug-likeness (QED) is 0.506. The summed E-state index contributed by atoms with van der Waals surface area (Å²) >= 11 is 0. The maximum Gasteiger partial charge on any atom is 0.119 e. The maximum absolute atomic E-state index is 5.26. The van der Waals surface area contributed by atoms with Gasteiger partial charge in [0.15, 0.2) is 0 Å². The monoisotopic (exact) mass is 333 g/mol. The van der Waals surface area contributed by atoms with Crippen molar-refractivity contribution in [3.05, 3.63) is 66.1 Å². The molecule has 6 heteroatoms. The summed E-state index contributed by atoms with van der Waals surface area (Å²) in [6, 6.07) is 14.3. The van der Waals surface area contributed by atoms with Gasteiger partial charge in [0, 0.05) is 30.2 Å². The Hall–Kier alpha value is -3.12. The number of H-pyrrole nitrogens is 2. The highest BCUT2D eigenvalue weighted by atomic mass is 16.5. The zero-order chi connectivity index (χ0) is 17.1. The summed E-state index contributed by atoms with van der Waals surface area (Å²) in [6.45, 7) is 1.49. The van der Waals surface area contributed by atoms with Crippen LogP contribution in [0.25, 0.3) is 22.0 Å². The van der Waals surface area contributed by atoms with Gasteiger partial charge in [-0.2, -0.15) is 10.2 Å². The summed E-state index contributed by atoms with van der Waals surface area (Å²) < 4.78 is 5.26. The van der Waals surface area contributed by atoms with Crippen LogP contribution in [0.3, 0.4) is 0 Å². The van der Waals surface area contributed by atoms with E-state index in [4.69, 9.17) is 4.74 Å². The van der Waals surface area contributed by atoms with E-state index in [2.05, 4.69) is 50.0 Å². The lowest BCUT2D eigenvalue weighted by molar-refractivity contribution is 0.414. The van der Waals surface area contributed by atoms with Crippen molar-refractivity contribution in [1.29, 1.82) is 0 Å². The van der Waals surface area contributed by atoms with Gasteiger partial charge >= 0.3 is 0 Å². The molecule has 0 atom stereocenters. The SMILES string of the molecule is COc1cccc(CNCc2[nH]nc3cc(-c4cn[nH]c4)ccc23)c1. The third-order valence-corrected chi connectivity index (χ3v) is 4.23. The molecule has 6 nitrogen and oxygen atoms in total. The first kappa shape index (κ1) is 15.4. The molecular weight excluding hydrogens is 314 g/mol. The number of rotatable bonds is 6. The molecule has 0 amide bonds. The van der Waals surface area contributed by atoms with E-state index in [1.165, 1.54) is 5.56 Å². The molecule has 0 bridgehead atoms. The zero-order valence-electron chi connectivity index (χ0n) is 13.9. The third-order valence-electron chi connectivity index (χ3n) is 4.23. The molecule has 3 N–H and O–H groups in total. The number of nitrogens with one attached hydrogen (secondary N) is 3. The minimum Gasteiger partial charge on any atom is -0.497 e. The van der Waals surface area contributed by atoms with E-state index in [-0.39, 0.29) is 0 Å². The third kappa shape index (κ3) is 3.25. The van der Waals surface area contributed by atoms with Crippen LogP contribution >= 0.6 is 0 Å². The molecule has 4 aromatic rings. The molecule has 4 rings (SSSR count). The average molecular weight is 333 g/mol. The Labute approximate surface area is 145 Å². The van der Waals surface area contributed by atoms with Crippen molar-refractivity contribution in [2.75, 3.05) is 7.11 Å². The molecule has 0 spiro atoms. The Morgan fingerprint density at radius 2 is 2.04 bits per heavy atom.